The lowest BCUT2D eigenvalue weighted by molar-refractivity contribution is -0.129. The van der Waals surface area contributed by atoms with Crippen LogP contribution in [-0.2, 0) is 4.79 Å². The lowest BCUT2D eigenvalue weighted by Gasteiger charge is -2.36. The van der Waals surface area contributed by atoms with Gasteiger partial charge < -0.3 is 4.90 Å². The van der Waals surface area contributed by atoms with Crippen molar-refractivity contribution in [2.24, 2.45) is 5.84 Å². The highest BCUT2D eigenvalue weighted by Gasteiger charge is 2.26. The Kier molecular flexibility index (Phi) is 4.53. The zero-order valence-electron chi connectivity index (χ0n) is 12.1. The van der Waals surface area contributed by atoms with Crippen LogP contribution in [0.15, 0.2) is 35.7 Å². The van der Waals surface area contributed by atoms with Gasteiger partial charge in [-0.15, -0.1) is 11.3 Å². The summed E-state index contributed by atoms with van der Waals surface area (Å²) in [5.74, 6) is 5.93. The number of rotatable bonds is 2. The lowest BCUT2D eigenvalue weighted by Crippen LogP contribution is -2.49. The minimum atomic E-state index is 0.132. The van der Waals surface area contributed by atoms with E-state index in [1.807, 2.05) is 22.1 Å². The van der Waals surface area contributed by atoms with E-state index in [0.29, 0.717) is 6.04 Å². The third kappa shape index (κ3) is 3.43. The molecular weight excluding hydrogens is 282 g/mol. The molecule has 1 aromatic rings. The summed E-state index contributed by atoms with van der Waals surface area (Å²) in [6.07, 6.45) is 8.76. The molecule has 0 spiro atoms. The molecule has 2 aliphatic rings. The highest BCUT2D eigenvalue weighted by Crippen LogP contribution is 2.24. The third-order valence-corrected chi connectivity index (χ3v) is 5.09. The predicted molar refractivity (Wildman–Crippen MR) is 86.5 cm³/mol. The fraction of sp³-hybridized carbons (Fsp3) is 0.438. The van der Waals surface area contributed by atoms with Gasteiger partial charge in [-0.1, -0.05) is 12.1 Å². The Morgan fingerprint density at radius 2 is 2.00 bits per heavy atom. The molecule has 0 bridgehead atoms. The smallest absolute Gasteiger partial charge is 0.246 e. The first-order valence-electron chi connectivity index (χ1n) is 7.46. The molecule has 0 aromatic carbocycles. The van der Waals surface area contributed by atoms with Crippen LogP contribution in [0.3, 0.4) is 0 Å². The van der Waals surface area contributed by atoms with Gasteiger partial charge in [-0.25, -0.2) is 5.01 Å². The number of amides is 1. The zero-order chi connectivity index (χ0) is 14.7. The summed E-state index contributed by atoms with van der Waals surface area (Å²) in [6, 6.07) is 4.47. The predicted octanol–water partition coefficient (Wildman–Crippen LogP) is 2.26. The van der Waals surface area contributed by atoms with E-state index in [9.17, 15) is 4.79 Å². The highest BCUT2D eigenvalue weighted by atomic mass is 32.1. The van der Waals surface area contributed by atoms with Crippen LogP contribution >= 0.6 is 11.3 Å². The molecule has 1 amide bonds. The van der Waals surface area contributed by atoms with Gasteiger partial charge in [0.2, 0.25) is 5.91 Å². The number of nitrogens with two attached hydrogens (primary N) is 1. The van der Waals surface area contributed by atoms with Gasteiger partial charge in [-0.05, 0) is 42.4 Å². The quantitative estimate of drug-likeness (QED) is 0.853. The molecule has 3 heterocycles. The molecular formula is C16H21N3OS. The first-order chi connectivity index (χ1) is 10.2. The van der Waals surface area contributed by atoms with Crippen molar-refractivity contribution < 1.29 is 4.79 Å². The third-order valence-electron chi connectivity index (χ3n) is 4.17. The molecule has 21 heavy (non-hydrogen) atoms. The molecule has 0 unspecified atom stereocenters. The van der Waals surface area contributed by atoms with E-state index in [0.717, 1.165) is 44.5 Å². The van der Waals surface area contributed by atoms with Crippen molar-refractivity contribution in [2.75, 3.05) is 19.6 Å². The lowest BCUT2D eigenvalue weighted by atomic mass is 10.0. The van der Waals surface area contributed by atoms with Crippen LogP contribution in [0, 0.1) is 0 Å². The second-order valence-corrected chi connectivity index (χ2v) is 6.51. The molecule has 112 valence electrons. The van der Waals surface area contributed by atoms with E-state index < -0.39 is 0 Å². The SMILES string of the molecule is NN1CCC(N2CCC=C(c3cccs3)C=CC2=O)CC1. The number of carbonyl (C=O) groups is 1. The minimum absolute atomic E-state index is 0.132. The number of hydrogen-bond donors (Lipinski definition) is 1. The first kappa shape index (κ1) is 14.5. The second-order valence-electron chi connectivity index (χ2n) is 5.56. The molecule has 2 aliphatic heterocycles. The van der Waals surface area contributed by atoms with Gasteiger partial charge in [0.05, 0.1) is 0 Å². The second kappa shape index (κ2) is 6.56. The van der Waals surface area contributed by atoms with Crippen molar-refractivity contribution in [1.82, 2.24) is 9.91 Å². The van der Waals surface area contributed by atoms with Crippen LogP contribution in [0.2, 0.25) is 0 Å². The van der Waals surface area contributed by atoms with Crippen molar-refractivity contribution in [3.63, 3.8) is 0 Å². The topological polar surface area (TPSA) is 49.6 Å². The summed E-state index contributed by atoms with van der Waals surface area (Å²) in [4.78, 5) is 15.7. The van der Waals surface area contributed by atoms with E-state index >= 15 is 0 Å². The van der Waals surface area contributed by atoms with Crippen LogP contribution in [0.25, 0.3) is 5.57 Å². The fourth-order valence-corrected chi connectivity index (χ4v) is 3.73. The zero-order valence-corrected chi connectivity index (χ0v) is 12.9. The summed E-state index contributed by atoms with van der Waals surface area (Å²) < 4.78 is 0. The van der Waals surface area contributed by atoms with Gasteiger partial charge in [0.25, 0.3) is 0 Å². The summed E-state index contributed by atoms with van der Waals surface area (Å²) in [7, 11) is 0. The van der Waals surface area contributed by atoms with E-state index in [1.165, 1.54) is 4.88 Å². The molecule has 0 atom stereocenters. The maximum absolute atomic E-state index is 12.4. The monoisotopic (exact) mass is 303 g/mol. The number of carbonyl (C=O) groups excluding carboxylic acids is 1. The molecule has 3 rings (SSSR count). The van der Waals surface area contributed by atoms with E-state index in [4.69, 9.17) is 5.84 Å². The number of hydrogen-bond acceptors (Lipinski definition) is 4. The number of nitrogens with zero attached hydrogens (tertiary/aromatic N) is 2. The van der Waals surface area contributed by atoms with E-state index in [1.54, 1.807) is 17.4 Å². The summed E-state index contributed by atoms with van der Waals surface area (Å²) >= 11 is 1.71. The molecule has 0 radical (unpaired) electrons. The van der Waals surface area contributed by atoms with Crippen LogP contribution in [-0.4, -0.2) is 41.5 Å². The van der Waals surface area contributed by atoms with E-state index in [-0.39, 0.29) is 5.91 Å². The van der Waals surface area contributed by atoms with Crippen LogP contribution in [0.4, 0.5) is 0 Å². The minimum Gasteiger partial charge on any atom is -0.336 e. The fourth-order valence-electron chi connectivity index (χ4n) is 2.98. The summed E-state index contributed by atoms with van der Waals surface area (Å²) in [6.45, 7) is 2.54. The standard InChI is InChI=1S/C16H21N3OS/c17-18-10-7-14(8-11-18)19-9-1-3-13(5-6-16(19)20)15-4-2-12-21-15/h2-6,12,14H,1,7-11,17H2. The van der Waals surface area contributed by atoms with Gasteiger partial charge in [0, 0.05) is 36.6 Å². The van der Waals surface area contributed by atoms with Crippen molar-refractivity contribution in [1.29, 1.82) is 0 Å². The average Bonchev–Trinajstić information content (AvgIpc) is 2.99. The maximum Gasteiger partial charge on any atom is 0.246 e. The van der Waals surface area contributed by atoms with Gasteiger partial charge in [0.1, 0.15) is 0 Å². The largest absolute Gasteiger partial charge is 0.336 e. The van der Waals surface area contributed by atoms with Crippen molar-refractivity contribution in [3.8, 4) is 0 Å². The Bertz CT molecular complexity index is 542. The van der Waals surface area contributed by atoms with Gasteiger partial charge in [-0.3, -0.25) is 10.6 Å². The molecule has 1 fully saturated rings. The van der Waals surface area contributed by atoms with Crippen LogP contribution in [0.1, 0.15) is 24.1 Å². The molecule has 1 saturated heterocycles. The average molecular weight is 303 g/mol. The van der Waals surface area contributed by atoms with Crippen molar-refractivity contribution >= 4 is 22.8 Å². The van der Waals surface area contributed by atoms with Crippen LogP contribution in [0.5, 0.6) is 0 Å². The summed E-state index contributed by atoms with van der Waals surface area (Å²) in [5.41, 5.74) is 1.16. The Hall–Kier alpha value is -1.43. The molecule has 4 nitrogen and oxygen atoms in total. The van der Waals surface area contributed by atoms with Gasteiger partial charge in [0.15, 0.2) is 0 Å². The van der Waals surface area contributed by atoms with Gasteiger partial charge in [-0.2, -0.15) is 0 Å². The van der Waals surface area contributed by atoms with Crippen molar-refractivity contribution in [3.05, 3.63) is 40.6 Å². The van der Waals surface area contributed by atoms with Gasteiger partial charge >= 0.3 is 0 Å². The Labute approximate surface area is 129 Å². The molecule has 0 aliphatic carbocycles. The van der Waals surface area contributed by atoms with Crippen LogP contribution < -0.4 is 5.84 Å². The highest BCUT2D eigenvalue weighted by molar-refractivity contribution is 7.11. The Morgan fingerprint density at radius 3 is 2.71 bits per heavy atom. The maximum atomic E-state index is 12.4. The number of allylic oxidation sites excluding steroid dienone is 2. The summed E-state index contributed by atoms with van der Waals surface area (Å²) in [5, 5.41) is 3.91. The number of piperidine rings is 1. The first-order valence-corrected chi connectivity index (χ1v) is 8.34. The molecule has 5 heteroatoms. The number of hydrazine groups is 1. The Morgan fingerprint density at radius 1 is 1.19 bits per heavy atom. The molecule has 1 aromatic heterocycles. The number of thiophene rings is 1. The molecule has 0 saturated carbocycles. The normalized spacial score (nSPS) is 22.0. The Balaban J connectivity index is 1.69. The van der Waals surface area contributed by atoms with E-state index in [2.05, 4.69) is 17.5 Å². The molecule has 2 N–H and O–H groups in total. The van der Waals surface area contributed by atoms with Crippen molar-refractivity contribution in [2.45, 2.75) is 25.3 Å².